The molecular weight excluding hydrogens is 184 g/mol. The van der Waals surface area contributed by atoms with Crippen molar-refractivity contribution in [2.75, 3.05) is 0 Å². The van der Waals surface area contributed by atoms with Crippen molar-refractivity contribution in [3.63, 3.8) is 0 Å². The first-order valence-electron chi connectivity index (χ1n) is 4.43. The van der Waals surface area contributed by atoms with Crippen LogP contribution in [-0.4, -0.2) is 6.29 Å². The van der Waals surface area contributed by atoms with Crippen LogP contribution in [0.4, 0.5) is 0 Å². The Morgan fingerprint density at radius 3 is 2.69 bits per heavy atom. The van der Waals surface area contributed by atoms with Crippen LogP contribution in [0.25, 0.3) is 0 Å². The molecule has 1 unspecified atom stereocenters. The van der Waals surface area contributed by atoms with Crippen molar-refractivity contribution in [3.05, 3.63) is 34.3 Å². The third kappa shape index (κ3) is 2.31. The van der Waals surface area contributed by atoms with Gasteiger partial charge < -0.3 is 0 Å². The molecule has 0 bridgehead atoms. The van der Waals surface area contributed by atoms with Crippen LogP contribution in [0.3, 0.4) is 0 Å². The number of carbonyl (C=O) groups excluding carboxylic acids is 1. The average Bonchev–Trinajstić information content (AvgIpc) is 2.16. The second-order valence-electron chi connectivity index (χ2n) is 3.21. The number of carbonyl (C=O) groups is 1. The molecule has 70 valence electrons. The molecule has 0 N–H and O–H groups in total. The van der Waals surface area contributed by atoms with Crippen LogP contribution in [-0.2, 0) is 0 Å². The zero-order valence-electron chi connectivity index (χ0n) is 7.88. The predicted molar refractivity (Wildman–Crippen MR) is 55.5 cm³/mol. The Labute approximate surface area is 83.7 Å². The summed E-state index contributed by atoms with van der Waals surface area (Å²) in [6, 6.07) is 5.46. The second-order valence-corrected chi connectivity index (χ2v) is 3.62. The molecule has 13 heavy (non-hydrogen) atoms. The molecule has 0 saturated carbocycles. The van der Waals surface area contributed by atoms with Crippen molar-refractivity contribution in [2.24, 2.45) is 0 Å². The minimum absolute atomic E-state index is 0.452. The second kappa shape index (κ2) is 4.43. The monoisotopic (exact) mass is 196 g/mol. The first-order chi connectivity index (χ1) is 6.19. The summed E-state index contributed by atoms with van der Waals surface area (Å²) in [4.78, 5) is 10.5. The number of hydrogen-bond acceptors (Lipinski definition) is 1. The van der Waals surface area contributed by atoms with Crippen LogP contribution in [0.1, 0.15) is 42.1 Å². The number of rotatable bonds is 3. The molecule has 0 aromatic heterocycles. The number of benzene rings is 1. The van der Waals surface area contributed by atoms with Crippen molar-refractivity contribution >= 4 is 17.9 Å². The molecule has 1 nitrogen and oxygen atoms in total. The largest absolute Gasteiger partial charge is 0.298 e. The van der Waals surface area contributed by atoms with E-state index in [2.05, 4.69) is 13.8 Å². The molecule has 0 heterocycles. The first-order valence-corrected chi connectivity index (χ1v) is 4.81. The van der Waals surface area contributed by atoms with Crippen LogP contribution in [0, 0.1) is 0 Å². The van der Waals surface area contributed by atoms with Crippen LogP contribution < -0.4 is 0 Å². The molecule has 0 aliphatic heterocycles. The molecule has 0 saturated heterocycles. The maximum atomic E-state index is 10.5. The average molecular weight is 197 g/mol. The summed E-state index contributed by atoms with van der Waals surface area (Å²) >= 11 is 6.02. The molecule has 0 aliphatic rings. The van der Waals surface area contributed by atoms with Gasteiger partial charge in [-0.25, -0.2) is 0 Å². The van der Waals surface area contributed by atoms with Crippen LogP contribution in [0.2, 0.25) is 5.02 Å². The van der Waals surface area contributed by atoms with E-state index < -0.39 is 0 Å². The molecule has 0 spiro atoms. The summed E-state index contributed by atoms with van der Waals surface area (Å²) in [5.74, 6) is 0.452. The summed E-state index contributed by atoms with van der Waals surface area (Å²) in [5, 5.41) is 0.693. The summed E-state index contributed by atoms with van der Waals surface area (Å²) in [7, 11) is 0. The van der Waals surface area contributed by atoms with Gasteiger partial charge in [-0.15, -0.1) is 0 Å². The lowest BCUT2D eigenvalue weighted by Gasteiger charge is -2.10. The Balaban J connectivity index is 3.04. The van der Waals surface area contributed by atoms with Gasteiger partial charge in [0.05, 0.1) is 0 Å². The normalized spacial score (nSPS) is 12.5. The summed E-state index contributed by atoms with van der Waals surface area (Å²) < 4.78 is 0. The fourth-order valence-electron chi connectivity index (χ4n) is 1.24. The van der Waals surface area contributed by atoms with Gasteiger partial charge in [-0.05, 0) is 24.0 Å². The van der Waals surface area contributed by atoms with E-state index in [9.17, 15) is 4.79 Å². The van der Waals surface area contributed by atoms with Crippen LogP contribution in [0.5, 0.6) is 0 Å². The Morgan fingerprint density at radius 2 is 2.23 bits per heavy atom. The van der Waals surface area contributed by atoms with Crippen molar-refractivity contribution < 1.29 is 4.79 Å². The van der Waals surface area contributed by atoms with Gasteiger partial charge in [0.15, 0.2) is 0 Å². The van der Waals surface area contributed by atoms with Crippen LogP contribution in [0.15, 0.2) is 18.2 Å². The molecule has 1 rings (SSSR count). The van der Waals surface area contributed by atoms with Crippen LogP contribution >= 0.6 is 11.6 Å². The van der Waals surface area contributed by atoms with Crippen molar-refractivity contribution in [1.82, 2.24) is 0 Å². The smallest absolute Gasteiger partial charge is 0.150 e. The van der Waals surface area contributed by atoms with E-state index in [0.29, 0.717) is 16.5 Å². The number of halogens is 1. The molecule has 0 radical (unpaired) electrons. The minimum atomic E-state index is 0.452. The van der Waals surface area contributed by atoms with E-state index in [0.717, 1.165) is 18.3 Å². The number of aldehydes is 1. The quantitative estimate of drug-likeness (QED) is 0.675. The topological polar surface area (TPSA) is 17.1 Å². The van der Waals surface area contributed by atoms with Gasteiger partial charge >= 0.3 is 0 Å². The molecule has 1 aromatic carbocycles. The molecule has 0 aliphatic carbocycles. The van der Waals surface area contributed by atoms with E-state index in [1.165, 1.54) is 0 Å². The molecule has 2 heteroatoms. The van der Waals surface area contributed by atoms with Crippen molar-refractivity contribution in [3.8, 4) is 0 Å². The lowest BCUT2D eigenvalue weighted by molar-refractivity contribution is 0.112. The highest BCUT2D eigenvalue weighted by Gasteiger charge is 2.07. The van der Waals surface area contributed by atoms with Crippen molar-refractivity contribution in [2.45, 2.75) is 26.2 Å². The predicted octanol–water partition coefficient (Wildman–Crippen LogP) is 3.67. The number of hydrogen-bond donors (Lipinski definition) is 0. The molecule has 1 aromatic rings. The first kappa shape index (κ1) is 10.3. The molecule has 0 fully saturated rings. The summed E-state index contributed by atoms with van der Waals surface area (Å²) in [6.07, 6.45) is 1.87. The SMILES string of the molecule is CCC(C)c1ccc(C=O)cc1Cl. The van der Waals surface area contributed by atoms with E-state index in [1.807, 2.05) is 6.07 Å². The molecule has 1 atom stereocenters. The lowest BCUT2D eigenvalue weighted by Crippen LogP contribution is -1.93. The molecule has 0 amide bonds. The van der Waals surface area contributed by atoms with E-state index in [1.54, 1.807) is 12.1 Å². The Morgan fingerprint density at radius 1 is 1.54 bits per heavy atom. The van der Waals surface area contributed by atoms with Gasteiger partial charge in [0.25, 0.3) is 0 Å². The highest BCUT2D eigenvalue weighted by molar-refractivity contribution is 6.31. The van der Waals surface area contributed by atoms with Gasteiger partial charge in [0, 0.05) is 10.6 Å². The van der Waals surface area contributed by atoms with Gasteiger partial charge in [-0.1, -0.05) is 37.6 Å². The Hall–Kier alpha value is -0.820. The maximum absolute atomic E-state index is 10.5. The van der Waals surface area contributed by atoms with Gasteiger partial charge in [0.2, 0.25) is 0 Å². The fourth-order valence-corrected chi connectivity index (χ4v) is 1.61. The van der Waals surface area contributed by atoms with Gasteiger partial charge in [-0.3, -0.25) is 4.79 Å². The standard InChI is InChI=1S/C11H13ClO/c1-3-8(2)10-5-4-9(7-13)6-11(10)12/h4-8H,3H2,1-2H3. The van der Waals surface area contributed by atoms with E-state index in [-0.39, 0.29) is 0 Å². The van der Waals surface area contributed by atoms with E-state index >= 15 is 0 Å². The Kier molecular flexibility index (Phi) is 3.49. The lowest BCUT2D eigenvalue weighted by atomic mass is 9.98. The van der Waals surface area contributed by atoms with Gasteiger partial charge in [0.1, 0.15) is 6.29 Å². The van der Waals surface area contributed by atoms with Crippen molar-refractivity contribution in [1.29, 1.82) is 0 Å². The van der Waals surface area contributed by atoms with E-state index in [4.69, 9.17) is 11.6 Å². The highest BCUT2D eigenvalue weighted by Crippen LogP contribution is 2.26. The third-order valence-corrected chi connectivity index (χ3v) is 2.63. The summed E-state index contributed by atoms with van der Waals surface area (Å²) in [5.41, 5.74) is 1.76. The van der Waals surface area contributed by atoms with Gasteiger partial charge in [-0.2, -0.15) is 0 Å². The zero-order valence-corrected chi connectivity index (χ0v) is 8.64. The zero-order chi connectivity index (χ0) is 9.84. The summed E-state index contributed by atoms with van der Waals surface area (Å²) in [6.45, 7) is 4.25. The minimum Gasteiger partial charge on any atom is -0.298 e. The fraction of sp³-hybridized carbons (Fsp3) is 0.364. The third-order valence-electron chi connectivity index (χ3n) is 2.30. The maximum Gasteiger partial charge on any atom is 0.150 e. The highest BCUT2D eigenvalue weighted by atomic mass is 35.5. The Bertz CT molecular complexity index is 307. The molecular formula is C11H13ClO.